The molecule has 4 bridgehead atoms. The number of carbonyl (C=O) groups is 7. The molecular formula is C23H35N11O7S2. The highest BCUT2D eigenvalue weighted by atomic mass is 33.1. The zero-order valence-corrected chi connectivity index (χ0v) is 25.3. The summed E-state index contributed by atoms with van der Waals surface area (Å²) in [6.07, 6.45) is 1.27. The minimum atomic E-state index is -1.21. The molecule has 0 aromatic carbocycles. The number of amides is 7. The Hall–Kier alpha value is -3.91. The molecule has 1 saturated heterocycles. The summed E-state index contributed by atoms with van der Waals surface area (Å²) in [5.74, 6) is -4.80. The molecule has 1 fully saturated rings. The van der Waals surface area contributed by atoms with Gasteiger partial charge < -0.3 is 43.4 Å². The van der Waals surface area contributed by atoms with Crippen LogP contribution in [0.4, 0.5) is 0 Å². The lowest BCUT2D eigenvalue weighted by molar-refractivity contribution is -0.134. The molecule has 0 spiro atoms. The number of nitrogens with zero attached hydrogens (tertiary/aromatic N) is 3. The predicted molar refractivity (Wildman–Crippen MR) is 154 cm³/mol. The molecular weight excluding hydrogens is 606 g/mol. The summed E-state index contributed by atoms with van der Waals surface area (Å²) in [6.45, 7) is 4.08. The number of carbonyl (C=O) groups excluding carboxylic acids is 7. The molecule has 0 saturated carbocycles. The first-order valence-corrected chi connectivity index (χ1v) is 15.7. The first-order chi connectivity index (χ1) is 20.2. The van der Waals surface area contributed by atoms with E-state index in [-0.39, 0.29) is 30.2 Å². The molecule has 18 nitrogen and oxygen atoms in total. The zero-order chi connectivity index (χ0) is 31.8. The highest BCUT2D eigenvalue weighted by molar-refractivity contribution is 8.76. The predicted octanol–water partition coefficient (Wildman–Crippen LogP) is -4.99. The molecule has 3 rings (SSSR count). The van der Waals surface area contributed by atoms with Gasteiger partial charge in [0.2, 0.25) is 41.4 Å². The summed E-state index contributed by atoms with van der Waals surface area (Å²) < 4.78 is 1.26. The number of nitrogens with two attached hydrogens (primary N) is 2. The van der Waals surface area contributed by atoms with Gasteiger partial charge in [-0.2, -0.15) is 0 Å². The molecule has 43 heavy (non-hydrogen) atoms. The highest BCUT2D eigenvalue weighted by Gasteiger charge is 2.32. The number of hydrogen-bond donors (Lipinski definition) is 8. The molecule has 7 atom stereocenters. The van der Waals surface area contributed by atoms with Gasteiger partial charge in [0.15, 0.2) is 0 Å². The van der Waals surface area contributed by atoms with Crippen LogP contribution in [-0.2, 0) is 46.5 Å². The lowest BCUT2D eigenvalue weighted by atomic mass is 10.1. The van der Waals surface area contributed by atoms with Crippen LogP contribution in [0.2, 0.25) is 0 Å². The van der Waals surface area contributed by atoms with Crippen molar-refractivity contribution in [2.24, 2.45) is 11.5 Å². The summed E-state index contributed by atoms with van der Waals surface area (Å²) in [4.78, 5) is 89.3. The molecule has 1 aromatic rings. The van der Waals surface area contributed by atoms with Crippen LogP contribution in [0, 0.1) is 0 Å². The number of primary amides is 1. The van der Waals surface area contributed by atoms with Crippen LogP contribution < -0.4 is 43.4 Å². The van der Waals surface area contributed by atoms with E-state index in [9.17, 15) is 33.6 Å². The van der Waals surface area contributed by atoms with Crippen molar-refractivity contribution in [2.75, 3.05) is 11.5 Å². The molecule has 236 valence electrons. The quantitative estimate of drug-likeness (QED) is 0.134. The third-order valence-electron chi connectivity index (χ3n) is 6.45. The van der Waals surface area contributed by atoms with Crippen molar-refractivity contribution in [1.29, 1.82) is 0 Å². The maximum Gasteiger partial charge on any atom is 0.244 e. The van der Waals surface area contributed by atoms with Crippen molar-refractivity contribution in [3.63, 3.8) is 0 Å². The van der Waals surface area contributed by atoms with Gasteiger partial charge in [-0.3, -0.25) is 38.2 Å². The summed E-state index contributed by atoms with van der Waals surface area (Å²) in [5.41, 5.74) is 11.7. The second-order valence-corrected chi connectivity index (χ2v) is 12.6. The van der Waals surface area contributed by atoms with Crippen molar-refractivity contribution in [3.8, 4) is 0 Å². The molecule has 0 radical (unpaired) electrons. The first-order valence-electron chi connectivity index (χ1n) is 13.3. The number of fused-ring (bicyclic) bond motifs is 7. The lowest BCUT2D eigenvalue weighted by Crippen LogP contribution is -2.59. The maximum absolute atomic E-state index is 13.1. The van der Waals surface area contributed by atoms with Crippen LogP contribution in [0.15, 0.2) is 6.20 Å². The summed E-state index contributed by atoms with van der Waals surface area (Å²) >= 11 is 0. The average Bonchev–Trinajstić information content (AvgIpc) is 3.37. The van der Waals surface area contributed by atoms with E-state index in [0.717, 1.165) is 10.8 Å². The molecule has 7 amide bonds. The summed E-state index contributed by atoms with van der Waals surface area (Å²) in [7, 11) is 2.33. The molecule has 20 heteroatoms. The van der Waals surface area contributed by atoms with Crippen molar-refractivity contribution < 1.29 is 33.6 Å². The van der Waals surface area contributed by atoms with Crippen LogP contribution >= 0.6 is 21.6 Å². The minimum Gasteiger partial charge on any atom is -0.368 e. The van der Waals surface area contributed by atoms with E-state index in [4.69, 9.17) is 11.5 Å². The molecule has 3 heterocycles. The SMILES string of the molecule is C[C@@H]1NC(=O)[C@@H]2CSSC[C@H](NC(=O)[C@H](C)NC(=O)[C@@H](N)Cn3cc(nn3)C[C@@H](C(N)=O)NC1=O)C(=O)N[C@@H](C)C(=O)N2. The summed E-state index contributed by atoms with van der Waals surface area (Å²) in [5, 5.41) is 22.9. The number of hydrogen-bond acceptors (Lipinski definition) is 12. The lowest BCUT2D eigenvalue weighted by Gasteiger charge is -2.24. The Balaban J connectivity index is 1.90. The molecule has 0 unspecified atom stereocenters. The Morgan fingerprint density at radius 3 is 1.72 bits per heavy atom. The van der Waals surface area contributed by atoms with Crippen molar-refractivity contribution in [3.05, 3.63) is 11.9 Å². The fourth-order valence-electron chi connectivity index (χ4n) is 3.87. The van der Waals surface area contributed by atoms with Gasteiger partial charge in [-0.05, 0) is 20.8 Å². The number of nitrogens with one attached hydrogen (secondary N) is 6. The Morgan fingerprint density at radius 1 is 0.767 bits per heavy atom. The van der Waals surface area contributed by atoms with Crippen molar-refractivity contribution in [1.82, 2.24) is 46.9 Å². The fourth-order valence-corrected chi connectivity index (χ4v) is 6.20. The van der Waals surface area contributed by atoms with Gasteiger partial charge in [0.25, 0.3) is 0 Å². The topological polar surface area (TPSA) is 274 Å². The third kappa shape index (κ3) is 9.55. The Kier molecular flexibility index (Phi) is 11.7. The van der Waals surface area contributed by atoms with E-state index in [1.54, 1.807) is 0 Å². The fraction of sp³-hybridized carbons (Fsp3) is 0.609. The van der Waals surface area contributed by atoms with E-state index in [0.29, 0.717) is 0 Å². The van der Waals surface area contributed by atoms with Gasteiger partial charge in [0, 0.05) is 24.1 Å². The number of aromatic nitrogens is 3. The van der Waals surface area contributed by atoms with Crippen molar-refractivity contribution >= 4 is 62.9 Å². The number of rotatable bonds is 1. The molecule has 0 aliphatic carbocycles. The standard InChI is InChI=1S/C23H35N11O7S2/c1-9-19(37)30-15-7-42-43-8-16(31-20(38)11(3)28-23(15)41)22(40)27-10(2)18(36)29-14(17(25)35)4-12-5-34(33-32-12)6-13(24)21(39)26-9/h5,9-11,13-16H,4,6-8,24H2,1-3H3,(H2,25,35)(H,26,39)(H,27,40)(H,28,41)(H,29,36)(H,30,37)(H,31,38)/t9-,10-,11-,13-,14-,15-,16-/m0/s1. The molecule has 2 aliphatic heterocycles. The summed E-state index contributed by atoms with van der Waals surface area (Å²) in [6, 6.07) is -7.81. The van der Waals surface area contributed by atoms with Crippen molar-refractivity contribution in [2.45, 2.75) is 76.0 Å². The second-order valence-electron chi connectivity index (χ2n) is 10.1. The molecule has 1 aromatic heterocycles. The molecule has 10 N–H and O–H groups in total. The van der Waals surface area contributed by atoms with Crippen LogP contribution in [0.25, 0.3) is 0 Å². The Bertz CT molecular complexity index is 1260. The Morgan fingerprint density at radius 2 is 1.23 bits per heavy atom. The van der Waals surface area contributed by atoms with Crippen LogP contribution in [-0.4, -0.2) is 110 Å². The van der Waals surface area contributed by atoms with Gasteiger partial charge in [-0.25, -0.2) is 0 Å². The average molecular weight is 642 g/mol. The van der Waals surface area contributed by atoms with E-state index in [1.165, 1.54) is 42.4 Å². The van der Waals surface area contributed by atoms with E-state index >= 15 is 0 Å². The van der Waals surface area contributed by atoms with E-state index in [2.05, 4.69) is 42.2 Å². The smallest absolute Gasteiger partial charge is 0.244 e. The van der Waals surface area contributed by atoms with Crippen LogP contribution in [0.3, 0.4) is 0 Å². The van der Waals surface area contributed by atoms with Gasteiger partial charge in [0.1, 0.15) is 42.3 Å². The third-order valence-corrected chi connectivity index (χ3v) is 8.88. The van der Waals surface area contributed by atoms with E-state index < -0.39 is 83.6 Å². The van der Waals surface area contributed by atoms with Gasteiger partial charge in [-0.1, -0.05) is 26.8 Å². The van der Waals surface area contributed by atoms with E-state index in [1.807, 2.05) is 0 Å². The maximum atomic E-state index is 13.1. The van der Waals surface area contributed by atoms with Crippen LogP contribution in [0.1, 0.15) is 26.5 Å². The minimum absolute atomic E-state index is 0.0576. The largest absolute Gasteiger partial charge is 0.368 e. The van der Waals surface area contributed by atoms with Crippen LogP contribution in [0.5, 0.6) is 0 Å². The Labute approximate surface area is 254 Å². The second kappa shape index (κ2) is 15.0. The monoisotopic (exact) mass is 641 g/mol. The van der Waals surface area contributed by atoms with Gasteiger partial charge in [0.05, 0.1) is 12.2 Å². The van der Waals surface area contributed by atoms with Gasteiger partial charge in [-0.15, -0.1) is 5.10 Å². The normalized spacial score (nSPS) is 30.7. The molecule has 2 aliphatic rings. The zero-order valence-electron chi connectivity index (χ0n) is 23.6. The van der Waals surface area contributed by atoms with Gasteiger partial charge >= 0.3 is 0 Å². The first kappa shape index (κ1) is 33.6. The highest BCUT2D eigenvalue weighted by Crippen LogP contribution is 2.24.